The summed E-state index contributed by atoms with van der Waals surface area (Å²) < 4.78 is 10.8. The predicted octanol–water partition coefficient (Wildman–Crippen LogP) is 0.961. The van der Waals surface area contributed by atoms with E-state index in [1.54, 1.807) is 24.3 Å². The Hall–Kier alpha value is -1.43. The largest absolute Gasteiger partial charge is 0.491 e. The molecule has 1 aromatic rings. The molecule has 1 saturated heterocycles. The van der Waals surface area contributed by atoms with Gasteiger partial charge in [-0.2, -0.15) is 0 Å². The average Bonchev–Trinajstić information content (AvgIpc) is 2.46. The number of Topliss-reactive ketones (excluding diaryl/α,β-unsaturated/α-hetero) is 1. The molecule has 110 valence electrons. The van der Waals surface area contributed by atoms with Crippen LogP contribution in [0.2, 0.25) is 0 Å². The number of ether oxygens (including phenoxy) is 2. The minimum atomic E-state index is -0.547. The van der Waals surface area contributed by atoms with Gasteiger partial charge in [-0.1, -0.05) is 12.1 Å². The lowest BCUT2D eigenvalue weighted by molar-refractivity contribution is 0.00465. The first kappa shape index (κ1) is 15.0. The Bertz CT molecular complexity index is 443. The fourth-order valence-electron chi connectivity index (χ4n) is 2.13. The van der Waals surface area contributed by atoms with Crippen LogP contribution in [0, 0.1) is 0 Å². The highest BCUT2D eigenvalue weighted by molar-refractivity contribution is 5.94. The zero-order valence-corrected chi connectivity index (χ0v) is 11.7. The standard InChI is InChI=1S/C15H21NO4/c1-12(17)13-3-2-4-15(9-13)20-11-14(18)10-16-5-7-19-8-6-16/h2-4,9,14,18H,5-8,10-11H2,1H3/t14-/m1/s1. The quantitative estimate of drug-likeness (QED) is 0.786. The van der Waals surface area contributed by atoms with Crippen LogP contribution in [0.3, 0.4) is 0 Å². The Labute approximate surface area is 119 Å². The van der Waals surface area contributed by atoms with Crippen LogP contribution in [-0.4, -0.2) is 61.3 Å². The lowest BCUT2D eigenvalue weighted by Gasteiger charge is -2.28. The van der Waals surface area contributed by atoms with Crippen molar-refractivity contribution in [1.29, 1.82) is 0 Å². The number of ketones is 1. The lowest BCUT2D eigenvalue weighted by Crippen LogP contribution is -2.42. The number of nitrogens with zero attached hydrogens (tertiary/aromatic N) is 1. The van der Waals surface area contributed by atoms with Crippen LogP contribution in [0.4, 0.5) is 0 Å². The second-order valence-corrected chi connectivity index (χ2v) is 4.96. The molecule has 5 heteroatoms. The third-order valence-electron chi connectivity index (χ3n) is 3.26. The third-order valence-corrected chi connectivity index (χ3v) is 3.26. The van der Waals surface area contributed by atoms with E-state index in [9.17, 15) is 9.90 Å². The highest BCUT2D eigenvalue weighted by atomic mass is 16.5. The molecule has 0 spiro atoms. The number of morpholine rings is 1. The van der Waals surface area contributed by atoms with Crippen molar-refractivity contribution in [3.8, 4) is 5.75 Å². The Morgan fingerprint density at radius 3 is 2.90 bits per heavy atom. The van der Waals surface area contributed by atoms with E-state index in [1.165, 1.54) is 6.92 Å². The van der Waals surface area contributed by atoms with Gasteiger partial charge in [0.25, 0.3) is 0 Å². The SMILES string of the molecule is CC(=O)c1cccc(OC[C@H](O)CN2CCOCC2)c1. The molecule has 1 N–H and O–H groups in total. The van der Waals surface area contributed by atoms with Crippen molar-refractivity contribution in [3.63, 3.8) is 0 Å². The molecule has 5 nitrogen and oxygen atoms in total. The normalized spacial score (nSPS) is 17.7. The van der Waals surface area contributed by atoms with E-state index in [2.05, 4.69) is 4.90 Å². The van der Waals surface area contributed by atoms with Crippen LogP contribution in [-0.2, 0) is 4.74 Å². The molecule has 0 amide bonds. The number of β-amino-alcohol motifs (C(OH)–C–C–N with tert-alkyl or cyclic N) is 1. The number of aliphatic hydroxyl groups excluding tert-OH is 1. The molecule has 1 fully saturated rings. The fourth-order valence-corrected chi connectivity index (χ4v) is 2.13. The smallest absolute Gasteiger partial charge is 0.159 e. The molecule has 0 unspecified atom stereocenters. The molecule has 1 heterocycles. The van der Waals surface area contributed by atoms with Gasteiger partial charge >= 0.3 is 0 Å². The molecule has 20 heavy (non-hydrogen) atoms. The maximum absolute atomic E-state index is 11.3. The summed E-state index contributed by atoms with van der Waals surface area (Å²) in [6.07, 6.45) is -0.547. The highest BCUT2D eigenvalue weighted by Crippen LogP contribution is 2.14. The second-order valence-electron chi connectivity index (χ2n) is 4.96. The van der Waals surface area contributed by atoms with E-state index in [4.69, 9.17) is 9.47 Å². The monoisotopic (exact) mass is 279 g/mol. The molecular weight excluding hydrogens is 258 g/mol. The van der Waals surface area contributed by atoms with E-state index in [0.29, 0.717) is 31.1 Å². The van der Waals surface area contributed by atoms with Gasteiger partial charge in [-0.05, 0) is 19.1 Å². The van der Waals surface area contributed by atoms with Crippen molar-refractivity contribution < 1.29 is 19.4 Å². The molecule has 1 aliphatic heterocycles. The number of rotatable bonds is 6. The number of benzene rings is 1. The summed E-state index contributed by atoms with van der Waals surface area (Å²) in [5.41, 5.74) is 0.616. The average molecular weight is 279 g/mol. The van der Waals surface area contributed by atoms with Crippen LogP contribution in [0.1, 0.15) is 17.3 Å². The predicted molar refractivity (Wildman–Crippen MR) is 75.2 cm³/mol. The zero-order chi connectivity index (χ0) is 14.4. The summed E-state index contributed by atoms with van der Waals surface area (Å²) in [6.45, 7) is 5.44. The molecule has 0 aliphatic carbocycles. The maximum atomic E-state index is 11.3. The number of hydrogen-bond acceptors (Lipinski definition) is 5. The Morgan fingerprint density at radius 2 is 2.20 bits per heavy atom. The van der Waals surface area contributed by atoms with Crippen molar-refractivity contribution in [2.45, 2.75) is 13.0 Å². The van der Waals surface area contributed by atoms with Gasteiger partial charge in [-0.3, -0.25) is 9.69 Å². The topological polar surface area (TPSA) is 59.0 Å². The van der Waals surface area contributed by atoms with E-state index in [0.717, 1.165) is 13.1 Å². The molecule has 1 aromatic carbocycles. The molecule has 1 atom stereocenters. The molecule has 2 rings (SSSR count). The van der Waals surface area contributed by atoms with E-state index < -0.39 is 6.10 Å². The van der Waals surface area contributed by atoms with Crippen LogP contribution >= 0.6 is 0 Å². The summed E-state index contributed by atoms with van der Waals surface area (Å²) in [5, 5.41) is 9.97. The van der Waals surface area contributed by atoms with Gasteiger partial charge in [0.05, 0.1) is 13.2 Å². The third kappa shape index (κ3) is 4.59. The number of hydrogen-bond donors (Lipinski definition) is 1. The first-order valence-corrected chi connectivity index (χ1v) is 6.87. The van der Waals surface area contributed by atoms with Crippen LogP contribution in [0.25, 0.3) is 0 Å². The van der Waals surface area contributed by atoms with Gasteiger partial charge in [0, 0.05) is 25.2 Å². The minimum Gasteiger partial charge on any atom is -0.491 e. The van der Waals surface area contributed by atoms with Crippen molar-refractivity contribution in [3.05, 3.63) is 29.8 Å². The van der Waals surface area contributed by atoms with Gasteiger partial charge in [0.1, 0.15) is 18.5 Å². The summed E-state index contributed by atoms with van der Waals surface area (Å²) in [4.78, 5) is 13.4. The maximum Gasteiger partial charge on any atom is 0.159 e. The van der Waals surface area contributed by atoms with Gasteiger partial charge in [0.2, 0.25) is 0 Å². The molecule has 0 saturated carbocycles. The summed E-state index contributed by atoms with van der Waals surface area (Å²) in [5.74, 6) is 0.614. The number of carbonyl (C=O) groups is 1. The molecular formula is C15H21NO4. The number of aliphatic hydroxyl groups is 1. The summed E-state index contributed by atoms with van der Waals surface area (Å²) in [7, 11) is 0. The minimum absolute atomic E-state index is 0.00400. The Kier molecular flexibility index (Phi) is 5.52. The molecule has 0 radical (unpaired) electrons. The van der Waals surface area contributed by atoms with Crippen LogP contribution in [0.5, 0.6) is 5.75 Å². The first-order chi connectivity index (χ1) is 9.65. The van der Waals surface area contributed by atoms with Gasteiger partial charge in [0.15, 0.2) is 5.78 Å². The van der Waals surface area contributed by atoms with E-state index >= 15 is 0 Å². The lowest BCUT2D eigenvalue weighted by atomic mass is 10.1. The van der Waals surface area contributed by atoms with Gasteiger partial charge < -0.3 is 14.6 Å². The fraction of sp³-hybridized carbons (Fsp3) is 0.533. The first-order valence-electron chi connectivity index (χ1n) is 6.87. The van der Waals surface area contributed by atoms with Crippen LogP contribution in [0.15, 0.2) is 24.3 Å². The van der Waals surface area contributed by atoms with Crippen molar-refractivity contribution in [2.75, 3.05) is 39.5 Å². The van der Waals surface area contributed by atoms with Gasteiger partial charge in [-0.15, -0.1) is 0 Å². The van der Waals surface area contributed by atoms with E-state index in [1.807, 2.05) is 0 Å². The molecule has 0 aromatic heterocycles. The molecule has 0 bridgehead atoms. The van der Waals surface area contributed by atoms with Crippen LogP contribution < -0.4 is 4.74 Å². The Balaban J connectivity index is 1.78. The van der Waals surface area contributed by atoms with Crippen molar-refractivity contribution in [1.82, 2.24) is 4.90 Å². The van der Waals surface area contributed by atoms with Crippen molar-refractivity contribution >= 4 is 5.78 Å². The number of carbonyl (C=O) groups excluding carboxylic acids is 1. The zero-order valence-electron chi connectivity index (χ0n) is 11.7. The summed E-state index contributed by atoms with van der Waals surface area (Å²) in [6, 6.07) is 7.01. The van der Waals surface area contributed by atoms with Gasteiger partial charge in [-0.25, -0.2) is 0 Å². The second kappa shape index (κ2) is 7.38. The highest BCUT2D eigenvalue weighted by Gasteiger charge is 2.15. The van der Waals surface area contributed by atoms with E-state index in [-0.39, 0.29) is 12.4 Å². The Morgan fingerprint density at radius 1 is 1.45 bits per heavy atom. The molecule has 1 aliphatic rings. The van der Waals surface area contributed by atoms with Crippen molar-refractivity contribution in [2.24, 2.45) is 0 Å². The summed E-state index contributed by atoms with van der Waals surface area (Å²) >= 11 is 0.